The molecular weight excluding hydrogens is 168 g/mol. The Bertz CT molecular complexity index is 560. The van der Waals surface area contributed by atoms with E-state index in [0.717, 1.165) is 0 Å². The first kappa shape index (κ1) is 7.81. The van der Waals surface area contributed by atoms with Crippen LogP contribution in [-0.2, 0) is 0 Å². The van der Waals surface area contributed by atoms with E-state index < -0.39 is 0 Å². The molecule has 0 spiro atoms. The Morgan fingerprint density at radius 2 is 1.79 bits per heavy atom. The van der Waals surface area contributed by atoms with E-state index in [1.807, 2.05) is 0 Å². The third kappa shape index (κ3) is 0.884. The first-order valence-corrected chi connectivity index (χ1v) is 4.98. The van der Waals surface area contributed by atoms with Crippen molar-refractivity contribution < 1.29 is 0 Å². The van der Waals surface area contributed by atoms with Crippen LogP contribution in [0.1, 0.15) is 22.3 Å². The normalized spacial score (nSPS) is 12.7. The van der Waals surface area contributed by atoms with E-state index in [9.17, 15) is 0 Å². The average Bonchev–Trinajstić information content (AvgIpc) is 2.56. The van der Waals surface area contributed by atoms with Crippen LogP contribution in [0.2, 0.25) is 0 Å². The predicted molar refractivity (Wildman–Crippen MR) is 62.4 cm³/mol. The van der Waals surface area contributed by atoms with Gasteiger partial charge in [0.05, 0.1) is 0 Å². The predicted octanol–water partition coefficient (Wildman–Crippen LogP) is 3.94. The summed E-state index contributed by atoms with van der Waals surface area (Å²) in [5.41, 5.74) is 5.49. The zero-order chi connectivity index (χ0) is 9.71. The van der Waals surface area contributed by atoms with Gasteiger partial charge in [0.25, 0.3) is 0 Å². The lowest BCUT2D eigenvalue weighted by molar-refractivity contribution is 1.46. The first-order chi connectivity index (χ1) is 6.75. The maximum Gasteiger partial charge on any atom is -0.00360 e. The Kier molecular flexibility index (Phi) is 1.38. The molecule has 2 aromatic carbocycles. The van der Waals surface area contributed by atoms with Gasteiger partial charge in [-0.3, -0.25) is 0 Å². The van der Waals surface area contributed by atoms with Crippen molar-refractivity contribution in [3.63, 3.8) is 0 Å². The number of benzene rings is 2. The topological polar surface area (TPSA) is 0 Å². The summed E-state index contributed by atoms with van der Waals surface area (Å²) in [5, 5.41) is 2.79. The molecule has 0 fully saturated rings. The van der Waals surface area contributed by atoms with Gasteiger partial charge in [-0.25, -0.2) is 0 Å². The first-order valence-electron chi connectivity index (χ1n) is 4.98. The van der Waals surface area contributed by atoms with Crippen LogP contribution in [0.5, 0.6) is 0 Å². The summed E-state index contributed by atoms with van der Waals surface area (Å²) in [5.74, 6) is 0. The molecule has 0 unspecified atom stereocenters. The molecule has 0 amide bonds. The molecular formula is C14H12. The SMILES string of the molecule is Cc1cc2c3c(c(C)ccc3c1)C=C2. The molecule has 0 heterocycles. The van der Waals surface area contributed by atoms with Gasteiger partial charge in [-0.1, -0.05) is 36.4 Å². The Hall–Kier alpha value is -1.56. The maximum atomic E-state index is 2.26. The maximum absolute atomic E-state index is 2.26. The quantitative estimate of drug-likeness (QED) is 0.491. The van der Waals surface area contributed by atoms with Crippen LogP contribution in [0.15, 0.2) is 24.3 Å². The minimum absolute atomic E-state index is 1.34. The summed E-state index contributed by atoms with van der Waals surface area (Å²) in [6.07, 6.45) is 4.45. The van der Waals surface area contributed by atoms with Crippen molar-refractivity contribution in [3.8, 4) is 0 Å². The Labute approximate surface area is 83.9 Å². The summed E-state index contributed by atoms with van der Waals surface area (Å²) in [7, 11) is 0. The molecule has 0 bridgehead atoms. The van der Waals surface area contributed by atoms with Gasteiger partial charge in [-0.15, -0.1) is 0 Å². The van der Waals surface area contributed by atoms with Gasteiger partial charge in [0.2, 0.25) is 0 Å². The van der Waals surface area contributed by atoms with E-state index in [4.69, 9.17) is 0 Å². The molecule has 14 heavy (non-hydrogen) atoms. The van der Waals surface area contributed by atoms with Crippen molar-refractivity contribution in [3.05, 3.63) is 46.5 Å². The van der Waals surface area contributed by atoms with E-state index in [-0.39, 0.29) is 0 Å². The molecule has 0 saturated heterocycles. The fourth-order valence-electron chi connectivity index (χ4n) is 2.31. The van der Waals surface area contributed by atoms with Gasteiger partial charge in [-0.05, 0) is 46.9 Å². The molecule has 0 saturated carbocycles. The molecule has 2 aromatic rings. The molecule has 68 valence electrons. The highest BCUT2D eigenvalue weighted by Gasteiger charge is 2.10. The minimum Gasteiger partial charge on any atom is -0.0581 e. The van der Waals surface area contributed by atoms with Gasteiger partial charge < -0.3 is 0 Å². The number of hydrogen-bond donors (Lipinski definition) is 0. The zero-order valence-corrected chi connectivity index (χ0v) is 8.46. The number of hydrogen-bond acceptors (Lipinski definition) is 0. The van der Waals surface area contributed by atoms with Gasteiger partial charge in [0.1, 0.15) is 0 Å². The summed E-state index contributed by atoms with van der Waals surface area (Å²) in [6, 6.07) is 8.94. The van der Waals surface area contributed by atoms with E-state index in [2.05, 4.69) is 50.3 Å². The van der Waals surface area contributed by atoms with Crippen LogP contribution in [0.25, 0.3) is 22.9 Å². The second-order valence-electron chi connectivity index (χ2n) is 4.08. The Morgan fingerprint density at radius 3 is 2.64 bits per heavy atom. The average molecular weight is 180 g/mol. The molecule has 0 N–H and O–H groups in total. The third-order valence-corrected chi connectivity index (χ3v) is 2.98. The zero-order valence-electron chi connectivity index (χ0n) is 8.46. The largest absolute Gasteiger partial charge is 0.0581 e. The molecule has 3 rings (SSSR count). The molecule has 0 heteroatoms. The molecule has 0 aliphatic heterocycles. The Morgan fingerprint density at radius 1 is 0.929 bits per heavy atom. The van der Waals surface area contributed by atoms with Crippen molar-refractivity contribution in [2.45, 2.75) is 13.8 Å². The molecule has 1 aliphatic carbocycles. The van der Waals surface area contributed by atoms with E-state index in [1.54, 1.807) is 0 Å². The number of rotatable bonds is 0. The summed E-state index contributed by atoms with van der Waals surface area (Å²) in [6.45, 7) is 4.33. The lowest BCUT2D eigenvalue weighted by Crippen LogP contribution is -1.84. The summed E-state index contributed by atoms with van der Waals surface area (Å²) in [4.78, 5) is 0. The Balaban J connectivity index is 2.58. The van der Waals surface area contributed by atoms with Crippen molar-refractivity contribution >= 4 is 22.9 Å². The van der Waals surface area contributed by atoms with Gasteiger partial charge >= 0.3 is 0 Å². The van der Waals surface area contributed by atoms with E-state index >= 15 is 0 Å². The monoisotopic (exact) mass is 180 g/mol. The molecule has 0 nitrogen and oxygen atoms in total. The van der Waals surface area contributed by atoms with Gasteiger partial charge in [-0.2, -0.15) is 0 Å². The molecule has 1 aliphatic rings. The number of aryl methyl sites for hydroxylation is 2. The lowest BCUT2D eigenvalue weighted by Gasteiger charge is -2.06. The highest BCUT2D eigenvalue weighted by atomic mass is 14.1. The fourth-order valence-corrected chi connectivity index (χ4v) is 2.31. The second kappa shape index (κ2) is 2.48. The molecule has 0 atom stereocenters. The van der Waals surface area contributed by atoms with E-state index in [1.165, 1.54) is 33.0 Å². The lowest BCUT2D eigenvalue weighted by atomic mass is 9.99. The highest BCUT2D eigenvalue weighted by molar-refractivity contribution is 6.05. The van der Waals surface area contributed by atoms with Crippen LogP contribution in [0.4, 0.5) is 0 Å². The van der Waals surface area contributed by atoms with Crippen molar-refractivity contribution in [2.24, 2.45) is 0 Å². The minimum atomic E-state index is 1.34. The van der Waals surface area contributed by atoms with Crippen LogP contribution in [0.3, 0.4) is 0 Å². The van der Waals surface area contributed by atoms with Crippen LogP contribution < -0.4 is 0 Å². The molecule has 0 radical (unpaired) electrons. The van der Waals surface area contributed by atoms with Crippen molar-refractivity contribution in [1.82, 2.24) is 0 Å². The van der Waals surface area contributed by atoms with Gasteiger partial charge in [0.15, 0.2) is 0 Å². The second-order valence-corrected chi connectivity index (χ2v) is 4.08. The summed E-state index contributed by atoms with van der Waals surface area (Å²) < 4.78 is 0. The van der Waals surface area contributed by atoms with Crippen LogP contribution in [0, 0.1) is 13.8 Å². The fraction of sp³-hybridized carbons (Fsp3) is 0.143. The summed E-state index contributed by atoms with van der Waals surface area (Å²) >= 11 is 0. The van der Waals surface area contributed by atoms with Crippen molar-refractivity contribution in [1.29, 1.82) is 0 Å². The highest BCUT2D eigenvalue weighted by Crippen LogP contribution is 2.33. The van der Waals surface area contributed by atoms with E-state index in [0.29, 0.717) is 0 Å². The third-order valence-electron chi connectivity index (χ3n) is 2.98. The smallest absolute Gasteiger partial charge is 0.00360 e. The van der Waals surface area contributed by atoms with Gasteiger partial charge in [0, 0.05) is 0 Å². The van der Waals surface area contributed by atoms with Crippen LogP contribution >= 0.6 is 0 Å². The standard InChI is InChI=1S/C14H12/c1-9-7-11-4-3-10(2)13-6-5-12(8-9)14(11)13/h3-8H,1-2H3. The molecule has 0 aromatic heterocycles. The van der Waals surface area contributed by atoms with Crippen LogP contribution in [-0.4, -0.2) is 0 Å². The van der Waals surface area contributed by atoms with Crippen molar-refractivity contribution in [2.75, 3.05) is 0 Å².